The molecule has 0 aliphatic carbocycles. The predicted octanol–water partition coefficient (Wildman–Crippen LogP) is 4.45. The Morgan fingerprint density at radius 1 is 0.844 bits per heavy atom. The maximum atomic E-state index is 13.9. The molecule has 0 aliphatic heterocycles. The van der Waals surface area contributed by atoms with Crippen LogP contribution in [0.3, 0.4) is 0 Å². The summed E-state index contributed by atoms with van der Waals surface area (Å²) in [6.07, 6.45) is 0. The zero-order valence-electron chi connectivity index (χ0n) is 17.7. The van der Waals surface area contributed by atoms with Crippen LogP contribution in [0.2, 0.25) is 0 Å². The molecule has 0 aliphatic rings. The summed E-state index contributed by atoms with van der Waals surface area (Å²) < 4.78 is 41.5. The summed E-state index contributed by atoms with van der Waals surface area (Å²) in [6.45, 7) is 4.87. The molecule has 0 radical (unpaired) electrons. The number of hydrogen-bond donors (Lipinski definition) is 3. The van der Waals surface area contributed by atoms with Crippen molar-refractivity contribution in [2.45, 2.75) is 25.7 Å². The van der Waals surface area contributed by atoms with Crippen LogP contribution in [0.4, 0.5) is 21.5 Å². The fraction of sp³-hybridized carbons (Fsp3) is 0.130. The van der Waals surface area contributed by atoms with Gasteiger partial charge in [0.25, 0.3) is 15.9 Å². The third-order valence-electron chi connectivity index (χ3n) is 4.68. The summed E-state index contributed by atoms with van der Waals surface area (Å²) in [6, 6.07) is 14.5. The Morgan fingerprint density at radius 3 is 2.22 bits per heavy atom. The average molecular weight is 456 g/mol. The zero-order chi connectivity index (χ0) is 23.5. The first-order valence-corrected chi connectivity index (χ1v) is 11.1. The van der Waals surface area contributed by atoms with Crippen molar-refractivity contribution in [3.8, 4) is 0 Å². The normalized spacial score (nSPS) is 11.0. The Balaban J connectivity index is 1.85. The molecule has 166 valence electrons. The first kappa shape index (κ1) is 23.0. The Kier molecular flexibility index (Phi) is 6.59. The van der Waals surface area contributed by atoms with E-state index in [4.69, 9.17) is 0 Å². The van der Waals surface area contributed by atoms with E-state index in [1.807, 2.05) is 0 Å². The third-order valence-corrected chi connectivity index (χ3v) is 6.04. The predicted molar refractivity (Wildman–Crippen MR) is 122 cm³/mol. The lowest BCUT2D eigenvalue weighted by Crippen LogP contribution is -2.17. The average Bonchev–Trinajstić information content (AvgIpc) is 2.71. The van der Waals surface area contributed by atoms with Gasteiger partial charge >= 0.3 is 0 Å². The molecule has 7 nitrogen and oxygen atoms in total. The standard InChI is InChI=1S/C23H22FN3O4S/c1-14-8-10-18(32(30,31)27-22-7-5-4-6-20(22)24)13-19(14)23(29)26-17-9-11-21(15(2)12-17)25-16(3)28/h4-13,27H,1-3H3,(H,25,28)(H,26,29). The molecule has 3 aromatic carbocycles. The third kappa shape index (κ3) is 5.30. The summed E-state index contributed by atoms with van der Waals surface area (Å²) in [7, 11) is -4.12. The van der Waals surface area contributed by atoms with Gasteiger partial charge in [0.15, 0.2) is 0 Å². The molecule has 2 amide bonds. The first-order valence-electron chi connectivity index (χ1n) is 9.64. The molecule has 0 saturated heterocycles. The van der Waals surface area contributed by atoms with E-state index in [-0.39, 0.29) is 22.1 Å². The van der Waals surface area contributed by atoms with Crippen molar-refractivity contribution in [2.24, 2.45) is 0 Å². The molecule has 3 aromatic rings. The highest BCUT2D eigenvalue weighted by Crippen LogP contribution is 2.23. The van der Waals surface area contributed by atoms with Crippen LogP contribution in [-0.4, -0.2) is 20.2 Å². The van der Waals surface area contributed by atoms with Crippen molar-refractivity contribution in [1.29, 1.82) is 0 Å². The molecule has 0 fully saturated rings. The first-order chi connectivity index (χ1) is 15.1. The lowest BCUT2D eigenvalue weighted by atomic mass is 10.1. The van der Waals surface area contributed by atoms with Gasteiger partial charge in [-0.05, 0) is 67.4 Å². The highest BCUT2D eigenvalue weighted by Gasteiger charge is 2.20. The molecule has 0 bridgehead atoms. The Hall–Kier alpha value is -3.72. The van der Waals surface area contributed by atoms with Crippen LogP contribution in [0.15, 0.2) is 65.6 Å². The van der Waals surface area contributed by atoms with E-state index < -0.39 is 21.7 Å². The van der Waals surface area contributed by atoms with Crippen molar-refractivity contribution in [2.75, 3.05) is 15.4 Å². The number of carbonyl (C=O) groups is 2. The minimum atomic E-state index is -4.12. The number of carbonyl (C=O) groups excluding carboxylic acids is 2. The van der Waals surface area contributed by atoms with Gasteiger partial charge in [-0.25, -0.2) is 12.8 Å². The lowest BCUT2D eigenvalue weighted by molar-refractivity contribution is -0.114. The SMILES string of the molecule is CC(=O)Nc1ccc(NC(=O)c2cc(S(=O)(=O)Nc3ccccc3F)ccc2C)cc1C. The summed E-state index contributed by atoms with van der Waals surface area (Å²) >= 11 is 0. The number of anilines is 3. The Labute approximate surface area is 185 Å². The quantitative estimate of drug-likeness (QED) is 0.511. The fourth-order valence-electron chi connectivity index (χ4n) is 3.03. The zero-order valence-corrected chi connectivity index (χ0v) is 18.5. The summed E-state index contributed by atoms with van der Waals surface area (Å²) in [5, 5.41) is 5.42. The maximum Gasteiger partial charge on any atom is 0.262 e. The van der Waals surface area contributed by atoms with Crippen molar-refractivity contribution in [3.63, 3.8) is 0 Å². The van der Waals surface area contributed by atoms with E-state index in [2.05, 4.69) is 15.4 Å². The fourth-order valence-corrected chi connectivity index (χ4v) is 4.12. The van der Waals surface area contributed by atoms with Gasteiger partial charge in [0, 0.05) is 23.9 Å². The summed E-state index contributed by atoms with van der Waals surface area (Å²) in [5.74, 6) is -1.42. The number of amides is 2. The number of nitrogens with one attached hydrogen (secondary N) is 3. The van der Waals surface area contributed by atoms with Crippen molar-refractivity contribution in [1.82, 2.24) is 0 Å². The van der Waals surface area contributed by atoms with Crippen molar-refractivity contribution < 1.29 is 22.4 Å². The van der Waals surface area contributed by atoms with Crippen molar-refractivity contribution in [3.05, 3.63) is 83.2 Å². The minimum Gasteiger partial charge on any atom is -0.326 e. The molecule has 9 heteroatoms. The van der Waals surface area contributed by atoms with Gasteiger partial charge in [-0.2, -0.15) is 0 Å². The van der Waals surface area contributed by atoms with E-state index in [1.165, 1.54) is 43.3 Å². The van der Waals surface area contributed by atoms with Gasteiger partial charge in [-0.15, -0.1) is 0 Å². The maximum absolute atomic E-state index is 13.9. The molecular weight excluding hydrogens is 433 g/mol. The van der Waals surface area contributed by atoms with E-state index in [0.717, 1.165) is 11.6 Å². The number of hydrogen-bond acceptors (Lipinski definition) is 4. The highest BCUT2D eigenvalue weighted by atomic mass is 32.2. The van der Waals surface area contributed by atoms with Crippen LogP contribution in [0.25, 0.3) is 0 Å². The monoisotopic (exact) mass is 455 g/mol. The number of aryl methyl sites for hydroxylation is 2. The number of para-hydroxylation sites is 1. The molecule has 0 spiro atoms. The molecule has 0 aromatic heterocycles. The topological polar surface area (TPSA) is 104 Å². The van der Waals surface area contributed by atoms with Gasteiger partial charge < -0.3 is 10.6 Å². The number of sulfonamides is 1. The van der Waals surface area contributed by atoms with E-state index in [9.17, 15) is 22.4 Å². The van der Waals surface area contributed by atoms with E-state index in [0.29, 0.717) is 16.9 Å². The molecule has 0 heterocycles. The van der Waals surface area contributed by atoms with Crippen LogP contribution in [0, 0.1) is 19.7 Å². The second kappa shape index (κ2) is 9.19. The minimum absolute atomic E-state index is 0.157. The highest BCUT2D eigenvalue weighted by molar-refractivity contribution is 7.92. The molecule has 0 unspecified atom stereocenters. The van der Waals surface area contributed by atoms with Crippen LogP contribution in [0.1, 0.15) is 28.4 Å². The largest absolute Gasteiger partial charge is 0.326 e. The van der Waals surface area contributed by atoms with Gasteiger partial charge in [0.05, 0.1) is 10.6 Å². The summed E-state index contributed by atoms with van der Waals surface area (Å²) in [4.78, 5) is 23.9. The second-order valence-corrected chi connectivity index (χ2v) is 8.91. The van der Waals surface area contributed by atoms with Gasteiger partial charge in [-0.1, -0.05) is 18.2 Å². The Morgan fingerprint density at radius 2 is 1.56 bits per heavy atom. The molecule has 32 heavy (non-hydrogen) atoms. The molecular formula is C23H22FN3O4S. The number of rotatable bonds is 6. The van der Waals surface area contributed by atoms with Crippen LogP contribution in [0.5, 0.6) is 0 Å². The smallest absolute Gasteiger partial charge is 0.262 e. The van der Waals surface area contributed by atoms with Crippen molar-refractivity contribution >= 4 is 38.9 Å². The number of benzene rings is 3. The molecule has 0 atom stereocenters. The second-order valence-electron chi connectivity index (χ2n) is 7.23. The van der Waals surface area contributed by atoms with Gasteiger partial charge in [-0.3, -0.25) is 14.3 Å². The van der Waals surface area contributed by atoms with Gasteiger partial charge in [0.2, 0.25) is 5.91 Å². The molecule has 3 rings (SSSR count). The van der Waals surface area contributed by atoms with Crippen LogP contribution >= 0.6 is 0 Å². The number of halogens is 1. The summed E-state index contributed by atoms with van der Waals surface area (Å²) in [5.41, 5.74) is 2.40. The van der Waals surface area contributed by atoms with Crippen LogP contribution in [-0.2, 0) is 14.8 Å². The molecule has 0 saturated carbocycles. The molecule has 3 N–H and O–H groups in total. The van der Waals surface area contributed by atoms with E-state index in [1.54, 1.807) is 32.0 Å². The van der Waals surface area contributed by atoms with Crippen LogP contribution < -0.4 is 15.4 Å². The van der Waals surface area contributed by atoms with Gasteiger partial charge in [0.1, 0.15) is 5.82 Å². The lowest BCUT2D eigenvalue weighted by Gasteiger charge is -2.13. The Bertz CT molecular complexity index is 1310. The van der Waals surface area contributed by atoms with E-state index >= 15 is 0 Å².